The first-order chi connectivity index (χ1) is 11.7. The summed E-state index contributed by atoms with van der Waals surface area (Å²) in [6.45, 7) is 6.80. The molecule has 0 atom stereocenters. The SMILES string of the molecule is Cc1cc(F)ccc1CNCc1ccc(S(=O)(=O)N(C)C(C)C)cc1. The smallest absolute Gasteiger partial charge is 0.243 e. The van der Waals surface area contributed by atoms with Crippen LogP contribution >= 0.6 is 0 Å². The number of nitrogens with zero attached hydrogens (tertiary/aromatic N) is 1. The fourth-order valence-electron chi connectivity index (χ4n) is 2.42. The highest BCUT2D eigenvalue weighted by atomic mass is 32.2. The van der Waals surface area contributed by atoms with Gasteiger partial charge in [-0.2, -0.15) is 4.31 Å². The molecule has 0 unspecified atom stereocenters. The largest absolute Gasteiger partial charge is 0.309 e. The van der Waals surface area contributed by atoms with Crippen LogP contribution < -0.4 is 5.32 Å². The Bertz CT molecular complexity index is 818. The molecule has 0 saturated carbocycles. The minimum Gasteiger partial charge on any atom is -0.309 e. The van der Waals surface area contributed by atoms with Gasteiger partial charge in [0.1, 0.15) is 5.82 Å². The minimum atomic E-state index is -3.45. The second-order valence-electron chi connectivity index (χ2n) is 6.43. The van der Waals surface area contributed by atoms with E-state index in [9.17, 15) is 12.8 Å². The van der Waals surface area contributed by atoms with Crippen molar-refractivity contribution in [3.05, 3.63) is 65.0 Å². The van der Waals surface area contributed by atoms with E-state index in [2.05, 4.69) is 5.32 Å². The van der Waals surface area contributed by atoms with Crippen LogP contribution in [-0.2, 0) is 23.1 Å². The van der Waals surface area contributed by atoms with Gasteiger partial charge in [0.2, 0.25) is 10.0 Å². The molecule has 0 aliphatic heterocycles. The van der Waals surface area contributed by atoms with Crippen LogP contribution in [0.2, 0.25) is 0 Å². The topological polar surface area (TPSA) is 49.4 Å². The van der Waals surface area contributed by atoms with Crippen LogP contribution in [0.4, 0.5) is 4.39 Å². The Morgan fingerprint density at radius 3 is 2.28 bits per heavy atom. The van der Waals surface area contributed by atoms with Gasteiger partial charge in [0.15, 0.2) is 0 Å². The molecule has 0 aliphatic carbocycles. The Morgan fingerprint density at radius 1 is 1.08 bits per heavy atom. The quantitative estimate of drug-likeness (QED) is 0.819. The van der Waals surface area contributed by atoms with Crippen LogP contribution in [0.1, 0.15) is 30.5 Å². The van der Waals surface area contributed by atoms with Crippen LogP contribution in [-0.4, -0.2) is 25.8 Å². The average molecular weight is 364 g/mol. The van der Waals surface area contributed by atoms with E-state index < -0.39 is 10.0 Å². The van der Waals surface area contributed by atoms with Gasteiger partial charge >= 0.3 is 0 Å². The Morgan fingerprint density at radius 2 is 1.72 bits per heavy atom. The average Bonchev–Trinajstić information content (AvgIpc) is 2.56. The lowest BCUT2D eigenvalue weighted by atomic mass is 10.1. The van der Waals surface area contributed by atoms with E-state index in [1.54, 1.807) is 25.2 Å². The number of hydrogen-bond acceptors (Lipinski definition) is 3. The van der Waals surface area contributed by atoms with Crippen LogP contribution in [0.3, 0.4) is 0 Å². The highest BCUT2D eigenvalue weighted by Gasteiger charge is 2.22. The van der Waals surface area contributed by atoms with E-state index in [0.29, 0.717) is 18.0 Å². The lowest BCUT2D eigenvalue weighted by Crippen LogP contribution is -2.33. The Labute approximate surface area is 149 Å². The lowest BCUT2D eigenvalue weighted by molar-refractivity contribution is 0.410. The van der Waals surface area contributed by atoms with Crippen molar-refractivity contribution in [3.8, 4) is 0 Å². The molecule has 0 fully saturated rings. The molecular formula is C19H25FN2O2S. The Kier molecular flexibility index (Phi) is 6.32. The van der Waals surface area contributed by atoms with Gasteiger partial charge in [0, 0.05) is 26.2 Å². The zero-order valence-corrected chi connectivity index (χ0v) is 15.9. The molecule has 2 rings (SSSR count). The van der Waals surface area contributed by atoms with Crippen LogP contribution in [0.15, 0.2) is 47.4 Å². The monoisotopic (exact) mass is 364 g/mol. The summed E-state index contributed by atoms with van der Waals surface area (Å²) in [6, 6.07) is 11.5. The summed E-state index contributed by atoms with van der Waals surface area (Å²) >= 11 is 0. The number of aryl methyl sites for hydroxylation is 1. The van der Waals surface area contributed by atoms with Crippen LogP contribution in [0.5, 0.6) is 0 Å². The minimum absolute atomic E-state index is 0.0923. The maximum atomic E-state index is 13.1. The van der Waals surface area contributed by atoms with Gasteiger partial charge in [-0.3, -0.25) is 0 Å². The number of hydrogen-bond donors (Lipinski definition) is 1. The fourth-order valence-corrected chi connectivity index (χ4v) is 3.79. The second kappa shape index (κ2) is 8.08. The molecule has 1 N–H and O–H groups in total. The van der Waals surface area contributed by atoms with Crippen molar-refractivity contribution < 1.29 is 12.8 Å². The lowest BCUT2D eigenvalue weighted by Gasteiger charge is -2.21. The maximum Gasteiger partial charge on any atom is 0.243 e. The van der Waals surface area contributed by atoms with E-state index in [1.165, 1.54) is 16.4 Å². The molecular weight excluding hydrogens is 339 g/mol. The van der Waals surface area contributed by atoms with E-state index in [1.807, 2.05) is 32.9 Å². The van der Waals surface area contributed by atoms with Gasteiger partial charge in [-0.1, -0.05) is 18.2 Å². The fraction of sp³-hybridized carbons (Fsp3) is 0.368. The van der Waals surface area contributed by atoms with Gasteiger partial charge in [-0.25, -0.2) is 12.8 Å². The predicted octanol–water partition coefficient (Wildman–Crippen LogP) is 3.45. The number of benzene rings is 2. The molecule has 6 heteroatoms. The predicted molar refractivity (Wildman–Crippen MR) is 98.2 cm³/mol. The van der Waals surface area contributed by atoms with Crippen molar-refractivity contribution in [1.82, 2.24) is 9.62 Å². The first-order valence-corrected chi connectivity index (χ1v) is 9.68. The van der Waals surface area contributed by atoms with Crippen molar-refractivity contribution in [3.63, 3.8) is 0 Å². The molecule has 0 spiro atoms. The number of halogens is 1. The zero-order valence-electron chi connectivity index (χ0n) is 15.1. The molecule has 2 aromatic rings. The molecule has 2 aromatic carbocycles. The molecule has 4 nitrogen and oxygen atoms in total. The summed E-state index contributed by atoms with van der Waals surface area (Å²) in [5, 5.41) is 3.30. The summed E-state index contributed by atoms with van der Waals surface area (Å²) in [5.41, 5.74) is 2.94. The van der Waals surface area contributed by atoms with Crippen molar-refractivity contribution in [2.45, 2.75) is 44.8 Å². The summed E-state index contributed by atoms with van der Waals surface area (Å²) in [7, 11) is -1.87. The van der Waals surface area contributed by atoms with Gasteiger partial charge < -0.3 is 5.32 Å². The normalized spacial score (nSPS) is 12.1. The number of nitrogens with one attached hydrogen (secondary N) is 1. The Balaban J connectivity index is 1.99. The molecule has 0 bridgehead atoms. The molecule has 0 amide bonds. The van der Waals surface area contributed by atoms with E-state index in [4.69, 9.17) is 0 Å². The van der Waals surface area contributed by atoms with Crippen LogP contribution in [0, 0.1) is 12.7 Å². The first-order valence-electron chi connectivity index (χ1n) is 8.24. The van der Waals surface area contributed by atoms with Crippen molar-refractivity contribution in [2.75, 3.05) is 7.05 Å². The third kappa shape index (κ3) is 4.87. The first kappa shape index (κ1) is 19.6. The molecule has 0 radical (unpaired) electrons. The maximum absolute atomic E-state index is 13.1. The molecule has 0 heterocycles. The summed E-state index contributed by atoms with van der Waals surface area (Å²) < 4.78 is 39.3. The van der Waals surface area contributed by atoms with Gasteiger partial charge in [-0.15, -0.1) is 0 Å². The second-order valence-corrected chi connectivity index (χ2v) is 8.43. The summed E-state index contributed by atoms with van der Waals surface area (Å²) in [5.74, 6) is -0.232. The third-order valence-electron chi connectivity index (χ3n) is 4.28. The van der Waals surface area contributed by atoms with Gasteiger partial charge in [0.25, 0.3) is 0 Å². The van der Waals surface area contributed by atoms with Gasteiger partial charge in [-0.05, 0) is 61.7 Å². The van der Waals surface area contributed by atoms with E-state index >= 15 is 0 Å². The number of sulfonamides is 1. The standard InChI is InChI=1S/C19H25FN2O2S/c1-14(2)22(4)25(23,24)19-9-5-16(6-10-19)12-21-13-17-7-8-18(20)11-15(17)3/h5-11,14,21H,12-13H2,1-4H3. The zero-order chi connectivity index (χ0) is 18.6. The third-order valence-corrected chi connectivity index (χ3v) is 6.32. The highest BCUT2D eigenvalue weighted by molar-refractivity contribution is 7.89. The Hall–Kier alpha value is -1.76. The van der Waals surface area contributed by atoms with E-state index in [-0.39, 0.29) is 11.9 Å². The van der Waals surface area contributed by atoms with E-state index in [0.717, 1.165) is 16.7 Å². The van der Waals surface area contributed by atoms with Gasteiger partial charge in [0.05, 0.1) is 4.90 Å². The molecule has 0 aromatic heterocycles. The van der Waals surface area contributed by atoms with Crippen molar-refractivity contribution in [1.29, 1.82) is 0 Å². The molecule has 25 heavy (non-hydrogen) atoms. The van der Waals surface area contributed by atoms with Crippen molar-refractivity contribution >= 4 is 10.0 Å². The molecule has 136 valence electrons. The highest BCUT2D eigenvalue weighted by Crippen LogP contribution is 2.17. The van der Waals surface area contributed by atoms with Crippen LogP contribution in [0.25, 0.3) is 0 Å². The molecule has 0 saturated heterocycles. The summed E-state index contributed by atoms with van der Waals surface area (Å²) in [6.07, 6.45) is 0. The van der Waals surface area contributed by atoms with Crippen molar-refractivity contribution in [2.24, 2.45) is 0 Å². The number of rotatable bonds is 7. The molecule has 0 aliphatic rings. The summed E-state index contributed by atoms with van der Waals surface area (Å²) in [4.78, 5) is 0.293.